The maximum atomic E-state index is 12.3. The van der Waals surface area contributed by atoms with Crippen molar-refractivity contribution in [3.63, 3.8) is 0 Å². The van der Waals surface area contributed by atoms with Crippen molar-refractivity contribution in [2.75, 3.05) is 5.32 Å². The minimum atomic E-state index is -2.47. The van der Waals surface area contributed by atoms with Gasteiger partial charge in [-0.3, -0.25) is 9.36 Å². The lowest BCUT2D eigenvalue weighted by Crippen LogP contribution is -2.14. The molecule has 122 valence electrons. The molecule has 1 aromatic carbocycles. The van der Waals surface area contributed by atoms with Crippen molar-refractivity contribution in [3.8, 4) is 5.82 Å². The Hall–Kier alpha value is -2.74. The molecule has 0 saturated carbocycles. The van der Waals surface area contributed by atoms with Crippen molar-refractivity contribution in [1.82, 2.24) is 14.5 Å². The fourth-order valence-electron chi connectivity index (χ4n) is 2.00. The van der Waals surface area contributed by atoms with Gasteiger partial charge in [-0.05, 0) is 36.4 Å². The van der Waals surface area contributed by atoms with Gasteiger partial charge in [0.1, 0.15) is 17.8 Å². The van der Waals surface area contributed by atoms with Gasteiger partial charge < -0.3 is 5.32 Å². The van der Waals surface area contributed by atoms with Crippen LogP contribution < -0.4 is 5.32 Å². The summed E-state index contributed by atoms with van der Waals surface area (Å²) in [6, 6.07) is 11.3. The third-order valence-electron chi connectivity index (χ3n) is 3.07. The average molecular weight is 346 g/mol. The van der Waals surface area contributed by atoms with E-state index >= 15 is 0 Å². The van der Waals surface area contributed by atoms with E-state index in [-0.39, 0.29) is 11.6 Å². The third kappa shape index (κ3) is 3.96. The number of halogens is 2. The first kappa shape index (κ1) is 16.1. The summed E-state index contributed by atoms with van der Waals surface area (Å²) >= 11 is 0.456. The topological polar surface area (TPSA) is 59.8 Å². The molecule has 0 aliphatic carbocycles. The Morgan fingerprint density at radius 1 is 1.17 bits per heavy atom. The average Bonchev–Trinajstić information content (AvgIpc) is 3.11. The van der Waals surface area contributed by atoms with Gasteiger partial charge in [0, 0.05) is 23.0 Å². The molecule has 24 heavy (non-hydrogen) atoms. The van der Waals surface area contributed by atoms with Crippen LogP contribution in [0.1, 0.15) is 10.5 Å². The minimum Gasteiger partial charge on any atom is -0.321 e. The van der Waals surface area contributed by atoms with Gasteiger partial charge in [0.05, 0.1) is 0 Å². The molecule has 0 atom stereocenters. The summed E-state index contributed by atoms with van der Waals surface area (Å²) in [4.78, 5) is 20.9. The predicted molar refractivity (Wildman–Crippen MR) is 87.6 cm³/mol. The van der Waals surface area contributed by atoms with Crippen molar-refractivity contribution >= 4 is 23.4 Å². The summed E-state index contributed by atoms with van der Waals surface area (Å²) in [5.41, 5.74) is 0.751. The standard InChI is InChI=1S/C16H12F2N4OS/c17-16(18)24-12-6-4-11(5-7-12)20-15(23)13-2-1-3-14(21-13)22-9-8-19-10-22/h1-10,16H,(H,20,23). The van der Waals surface area contributed by atoms with Crippen LogP contribution in [0.5, 0.6) is 0 Å². The summed E-state index contributed by atoms with van der Waals surface area (Å²) in [5, 5.41) is 2.69. The second kappa shape index (κ2) is 7.22. The molecule has 0 bridgehead atoms. The number of thioether (sulfide) groups is 1. The van der Waals surface area contributed by atoms with E-state index in [2.05, 4.69) is 15.3 Å². The molecule has 0 aliphatic rings. The molecule has 3 rings (SSSR count). The van der Waals surface area contributed by atoms with E-state index in [1.54, 1.807) is 53.6 Å². The van der Waals surface area contributed by atoms with Crippen molar-refractivity contribution in [2.45, 2.75) is 10.7 Å². The number of imidazole rings is 1. The summed E-state index contributed by atoms with van der Waals surface area (Å²) < 4.78 is 26.3. The molecule has 0 saturated heterocycles. The molecule has 0 fully saturated rings. The normalized spacial score (nSPS) is 10.8. The van der Waals surface area contributed by atoms with Crippen LogP contribution in [0.3, 0.4) is 0 Å². The molecule has 1 N–H and O–H groups in total. The highest BCUT2D eigenvalue weighted by Gasteiger charge is 2.10. The Labute approximate surface area is 140 Å². The Kier molecular flexibility index (Phi) is 4.85. The van der Waals surface area contributed by atoms with E-state index < -0.39 is 5.76 Å². The number of nitrogens with one attached hydrogen (secondary N) is 1. The maximum Gasteiger partial charge on any atom is 0.288 e. The van der Waals surface area contributed by atoms with Crippen LogP contribution in [-0.2, 0) is 0 Å². The highest BCUT2D eigenvalue weighted by molar-refractivity contribution is 7.99. The van der Waals surface area contributed by atoms with Gasteiger partial charge in [-0.25, -0.2) is 9.97 Å². The van der Waals surface area contributed by atoms with Crippen LogP contribution in [-0.4, -0.2) is 26.2 Å². The zero-order chi connectivity index (χ0) is 16.9. The van der Waals surface area contributed by atoms with Gasteiger partial charge in [-0.2, -0.15) is 8.78 Å². The monoisotopic (exact) mass is 346 g/mol. The number of rotatable bonds is 5. The van der Waals surface area contributed by atoms with E-state index in [9.17, 15) is 13.6 Å². The van der Waals surface area contributed by atoms with E-state index in [0.717, 1.165) is 0 Å². The van der Waals surface area contributed by atoms with E-state index in [4.69, 9.17) is 0 Å². The predicted octanol–water partition coefficient (Wildman–Crippen LogP) is 3.83. The Balaban J connectivity index is 1.72. The Morgan fingerprint density at radius 2 is 1.96 bits per heavy atom. The highest BCUT2D eigenvalue weighted by Crippen LogP contribution is 2.26. The Morgan fingerprint density at radius 3 is 2.62 bits per heavy atom. The summed E-state index contributed by atoms with van der Waals surface area (Å²) in [6.45, 7) is 0. The van der Waals surface area contributed by atoms with E-state index in [1.807, 2.05) is 0 Å². The number of carbonyl (C=O) groups excluding carboxylic acids is 1. The van der Waals surface area contributed by atoms with Crippen LogP contribution >= 0.6 is 11.8 Å². The first-order chi connectivity index (χ1) is 11.6. The van der Waals surface area contributed by atoms with E-state index in [1.165, 1.54) is 12.1 Å². The van der Waals surface area contributed by atoms with Crippen LogP contribution in [0.15, 0.2) is 66.1 Å². The fraction of sp³-hybridized carbons (Fsp3) is 0.0625. The van der Waals surface area contributed by atoms with Crippen LogP contribution in [0.25, 0.3) is 5.82 Å². The number of anilines is 1. The largest absolute Gasteiger partial charge is 0.321 e. The number of alkyl halides is 2. The molecular formula is C16H12F2N4OS. The molecule has 2 heterocycles. The molecule has 5 nitrogen and oxygen atoms in total. The number of hydrogen-bond acceptors (Lipinski definition) is 4. The van der Waals surface area contributed by atoms with Gasteiger partial charge in [-0.1, -0.05) is 17.8 Å². The SMILES string of the molecule is O=C(Nc1ccc(SC(F)F)cc1)c1cccc(-n2ccnc2)n1. The van der Waals surface area contributed by atoms with Crippen molar-refractivity contribution in [3.05, 3.63) is 66.9 Å². The van der Waals surface area contributed by atoms with Gasteiger partial charge in [0.2, 0.25) is 0 Å². The van der Waals surface area contributed by atoms with Crippen LogP contribution in [0.4, 0.5) is 14.5 Å². The van der Waals surface area contributed by atoms with E-state index in [0.29, 0.717) is 28.2 Å². The van der Waals surface area contributed by atoms with Crippen molar-refractivity contribution in [1.29, 1.82) is 0 Å². The first-order valence-electron chi connectivity index (χ1n) is 6.93. The lowest BCUT2D eigenvalue weighted by molar-refractivity contribution is 0.102. The molecule has 0 unspecified atom stereocenters. The molecule has 3 aromatic rings. The molecule has 8 heteroatoms. The fourth-order valence-corrected chi connectivity index (χ4v) is 2.50. The smallest absolute Gasteiger partial charge is 0.288 e. The van der Waals surface area contributed by atoms with Gasteiger partial charge >= 0.3 is 0 Å². The second-order valence-electron chi connectivity index (χ2n) is 4.71. The molecule has 0 radical (unpaired) electrons. The number of hydrogen-bond donors (Lipinski definition) is 1. The van der Waals surface area contributed by atoms with Crippen LogP contribution in [0.2, 0.25) is 0 Å². The first-order valence-corrected chi connectivity index (χ1v) is 7.81. The second-order valence-corrected chi connectivity index (χ2v) is 5.77. The Bertz CT molecular complexity index is 822. The molecule has 2 aromatic heterocycles. The molecule has 0 spiro atoms. The number of nitrogens with zero attached hydrogens (tertiary/aromatic N) is 3. The summed E-state index contributed by atoms with van der Waals surface area (Å²) in [6.07, 6.45) is 4.93. The third-order valence-corrected chi connectivity index (χ3v) is 3.80. The van der Waals surface area contributed by atoms with Gasteiger partial charge in [0.15, 0.2) is 0 Å². The van der Waals surface area contributed by atoms with Crippen molar-refractivity contribution in [2.24, 2.45) is 0 Å². The quantitative estimate of drug-likeness (QED) is 0.713. The molecule has 1 amide bonds. The maximum absolute atomic E-state index is 12.3. The summed E-state index contributed by atoms with van der Waals surface area (Å²) in [7, 11) is 0. The zero-order valence-corrected chi connectivity index (χ0v) is 13.1. The zero-order valence-electron chi connectivity index (χ0n) is 12.3. The van der Waals surface area contributed by atoms with Crippen LogP contribution in [0, 0.1) is 0 Å². The summed E-state index contributed by atoms with van der Waals surface area (Å²) in [5.74, 6) is -2.28. The lowest BCUT2D eigenvalue weighted by atomic mass is 10.3. The van der Waals surface area contributed by atoms with Crippen molar-refractivity contribution < 1.29 is 13.6 Å². The number of aromatic nitrogens is 3. The number of amides is 1. The minimum absolute atomic E-state index is 0.243. The number of carbonyl (C=O) groups is 1. The van der Waals surface area contributed by atoms with Gasteiger partial charge in [0.25, 0.3) is 11.7 Å². The molecular weight excluding hydrogens is 334 g/mol. The number of benzene rings is 1. The lowest BCUT2D eigenvalue weighted by Gasteiger charge is -2.07. The van der Waals surface area contributed by atoms with Gasteiger partial charge in [-0.15, -0.1) is 0 Å². The number of pyridine rings is 1. The molecule has 0 aliphatic heterocycles. The highest BCUT2D eigenvalue weighted by atomic mass is 32.2.